The number of nitrogens with two attached hydrogens (primary N) is 1. The molecule has 4 nitrogen and oxygen atoms in total. The van der Waals surface area contributed by atoms with E-state index in [1.54, 1.807) is 6.07 Å². The van der Waals surface area contributed by atoms with E-state index in [9.17, 15) is 13.2 Å². The summed E-state index contributed by atoms with van der Waals surface area (Å²) in [5.41, 5.74) is 6.60. The molecule has 0 saturated carbocycles. The van der Waals surface area contributed by atoms with E-state index >= 15 is 0 Å². The number of hydrogen-bond acceptors (Lipinski definition) is 3. The molecule has 1 aliphatic heterocycles. The highest BCUT2D eigenvalue weighted by atomic mass is 32.1. The molecule has 1 aromatic heterocycles. The van der Waals surface area contributed by atoms with Gasteiger partial charge in [-0.05, 0) is 30.8 Å². The minimum Gasteiger partial charge on any atom is -0.374 e. The second-order valence-corrected chi connectivity index (χ2v) is 5.10. The van der Waals surface area contributed by atoms with Gasteiger partial charge in [0, 0.05) is 17.7 Å². The van der Waals surface area contributed by atoms with Gasteiger partial charge in [-0.3, -0.25) is 0 Å². The number of nitrogens with zero attached hydrogens (tertiary/aromatic N) is 2. The summed E-state index contributed by atoms with van der Waals surface area (Å²) in [6, 6.07) is 5.09. The fraction of sp³-hybridized carbons (Fsp3) is 0.231. The molecule has 0 atom stereocenters. The topological polar surface area (TPSA) is 55.9 Å². The summed E-state index contributed by atoms with van der Waals surface area (Å²) < 4.78 is 39.8. The number of aromatic nitrogens is 2. The molecule has 1 aliphatic rings. The number of rotatable bonds is 1. The zero-order valence-electron chi connectivity index (χ0n) is 10.7. The third kappa shape index (κ3) is 2.35. The van der Waals surface area contributed by atoms with Gasteiger partial charge in [-0.15, -0.1) is 0 Å². The second kappa shape index (κ2) is 4.73. The summed E-state index contributed by atoms with van der Waals surface area (Å²) >= 11 is 4.91. The SMILES string of the molecule is NC(=S)n1nc(-c2cccc(C(F)(F)F)c2)c2c1NCC2. The molecule has 0 aliphatic carbocycles. The van der Waals surface area contributed by atoms with Crippen LogP contribution in [0.25, 0.3) is 11.3 Å². The van der Waals surface area contributed by atoms with Crippen molar-refractivity contribution in [3.05, 3.63) is 35.4 Å². The average molecular weight is 312 g/mol. The van der Waals surface area contributed by atoms with Gasteiger partial charge < -0.3 is 11.1 Å². The number of anilines is 1. The lowest BCUT2D eigenvalue weighted by atomic mass is 10.0. The number of fused-ring (bicyclic) bond motifs is 1. The van der Waals surface area contributed by atoms with Crippen molar-refractivity contribution in [2.24, 2.45) is 5.73 Å². The van der Waals surface area contributed by atoms with Crippen LogP contribution in [0.2, 0.25) is 0 Å². The van der Waals surface area contributed by atoms with E-state index in [1.807, 2.05) is 0 Å². The lowest BCUT2D eigenvalue weighted by molar-refractivity contribution is -0.137. The number of benzene rings is 1. The van der Waals surface area contributed by atoms with Crippen LogP contribution in [0.3, 0.4) is 0 Å². The van der Waals surface area contributed by atoms with E-state index in [-0.39, 0.29) is 5.11 Å². The highest BCUT2D eigenvalue weighted by Gasteiger charge is 2.31. The Hall–Kier alpha value is -2.09. The molecule has 0 bridgehead atoms. The van der Waals surface area contributed by atoms with E-state index in [0.29, 0.717) is 30.0 Å². The van der Waals surface area contributed by atoms with Crippen molar-refractivity contribution < 1.29 is 13.2 Å². The van der Waals surface area contributed by atoms with E-state index in [2.05, 4.69) is 10.4 Å². The zero-order chi connectivity index (χ0) is 15.2. The molecule has 1 aromatic carbocycles. The quantitative estimate of drug-likeness (QED) is 0.795. The first kappa shape index (κ1) is 13.9. The van der Waals surface area contributed by atoms with Crippen molar-refractivity contribution >= 4 is 23.1 Å². The van der Waals surface area contributed by atoms with E-state index < -0.39 is 11.7 Å². The summed E-state index contributed by atoms with van der Waals surface area (Å²) in [5.74, 6) is 0.662. The van der Waals surface area contributed by atoms with Gasteiger partial charge in [0.15, 0.2) is 5.11 Å². The van der Waals surface area contributed by atoms with E-state index in [4.69, 9.17) is 18.0 Å². The Balaban J connectivity index is 2.14. The first-order chi connectivity index (χ1) is 9.88. The van der Waals surface area contributed by atoms with Crippen molar-refractivity contribution in [2.75, 3.05) is 11.9 Å². The number of halogens is 3. The van der Waals surface area contributed by atoms with Crippen LogP contribution < -0.4 is 11.1 Å². The Bertz CT molecular complexity index is 721. The molecule has 0 fully saturated rings. The maximum Gasteiger partial charge on any atom is 0.416 e. The highest BCUT2D eigenvalue weighted by Crippen LogP contribution is 2.36. The molecule has 0 amide bonds. The molecular formula is C13H11F3N4S. The summed E-state index contributed by atoms with van der Waals surface area (Å²) in [5, 5.41) is 7.40. The molecule has 21 heavy (non-hydrogen) atoms. The summed E-state index contributed by atoms with van der Waals surface area (Å²) in [6.07, 6.45) is -3.72. The maximum atomic E-state index is 12.8. The van der Waals surface area contributed by atoms with E-state index in [0.717, 1.165) is 17.7 Å². The molecule has 0 unspecified atom stereocenters. The first-order valence-electron chi connectivity index (χ1n) is 6.21. The lowest BCUT2D eigenvalue weighted by Crippen LogP contribution is -2.22. The first-order valence-corrected chi connectivity index (χ1v) is 6.62. The molecule has 2 aromatic rings. The standard InChI is InChI=1S/C13H11F3N4S/c14-13(15,16)8-3-1-2-7(6-8)10-9-4-5-18-11(9)20(19-10)12(17)21/h1-3,6,18H,4-5H2,(H2,17,21). The minimum atomic E-state index is -4.39. The van der Waals surface area contributed by atoms with Gasteiger partial charge in [-0.25, -0.2) is 0 Å². The molecular weight excluding hydrogens is 301 g/mol. The number of alkyl halides is 3. The molecule has 0 saturated heterocycles. The highest BCUT2D eigenvalue weighted by molar-refractivity contribution is 7.80. The largest absolute Gasteiger partial charge is 0.416 e. The van der Waals surface area contributed by atoms with Crippen LogP contribution in [-0.4, -0.2) is 21.4 Å². The summed E-state index contributed by atoms with van der Waals surface area (Å²) in [4.78, 5) is 0. The zero-order valence-corrected chi connectivity index (χ0v) is 11.6. The average Bonchev–Trinajstić information content (AvgIpc) is 2.98. The Morgan fingerprint density at radius 2 is 2.14 bits per heavy atom. The number of thiocarbonyl (C=S) groups is 1. The fourth-order valence-electron chi connectivity index (χ4n) is 2.41. The van der Waals surface area contributed by atoms with Crippen molar-refractivity contribution in [1.82, 2.24) is 9.78 Å². The Labute approximate surface area is 123 Å². The van der Waals surface area contributed by atoms with Crippen molar-refractivity contribution in [1.29, 1.82) is 0 Å². The number of nitrogens with one attached hydrogen (secondary N) is 1. The number of hydrogen-bond donors (Lipinski definition) is 2. The van der Waals surface area contributed by atoms with Gasteiger partial charge in [0.05, 0.1) is 11.3 Å². The maximum absolute atomic E-state index is 12.8. The molecule has 110 valence electrons. The predicted octanol–water partition coefficient (Wildman–Crippen LogP) is 2.63. The summed E-state index contributed by atoms with van der Waals surface area (Å²) in [7, 11) is 0. The van der Waals surface area contributed by atoms with Gasteiger partial charge >= 0.3 is 6.18 Å². The Kier molecular flexibility index (Phi) is 3.12. The van der Waals surface area contributed by atoms with Crippen LogP contribution >= 0.6 is 12.2 Å². The van der Waals surface area contributed by atoms with Gasteiger partial charge in [0.25, 0.3) is 0 Å². The van der Waals surface area contributed by atoms with Crippen LogP contribution in [0.15, 0.2) is 24.3 Å². The Morgan fingerprint density at radius 1 is 1.38 bits per heavy atom. The summed E-state index contributed by atoms with van der Waals surface area (Å²) in [6.45, 7) is 0.682. The third-order valence-corrected chi connectivity index (χ3v) is 3.50. The molecule has 0 spiro atoms. The normalized spacial score (nSPS) is 13.9. The van der Waals surface area contributed by atoms with Crippen LogP contribution in [0.1, 0.15) is 11.1 Å². The second-order valence-electron chi connectivity index (χ2n) is 4.68. The minimum absolute atomic E-state index is 0.0545. The van der Waals surface area contributed by atoms with Gasteiger partial charge in [0.1, 0.15) is 5.82 Å². The predicted molar refractivity (Wildman–Crippen MR) is 77.0 cm³/mol. The molecule has 2 heterocycles. The molecule has 0 radical (unpaired) electrons. The fourth-order valence-corrected chi connectivity index (χ4v) is 2.54. The van der Waals surface area contributed by atoms with Crippen molar-refractivity contribution in [3.8, 4) is 11.3 Å². The monoisotopic (exact) mass is 312 g/mol. The lowest BCUT2D eigenvalue weighted by Gasteiger charge is -2.08. The molecule has 3 rings (SSSR count). The Morgan fingerprint density at radius 3 is 2.81 bits per heavy atom. The van der Waals surface area contributed by atoms with Gasteiger partial charge in [0.2, 0.25) is 0 Å². The molecule has 3 N–H and O–H groups in total. The van der Waals surface area contributed by atoms with Crippen LogP contribution in [0, 0.1) is 0 Å². The van der Waals surface area contributed by atoms with Crippen LogP contribution in [-0.2, 0) is 12.6 Å². The van der Waals surface area contributed by atoms with Crippen LogP contribution in [0.5, 0.6) is 0 Å². The van der Waals surface area contributed by atoms with Gasteiger partial charge in [-0.1, -0.05) is 12.1 Å². The van der Waals surface area contributed by atoms with Crippen LogP contribution in [0.4, 0.5) is 19.0 Å². The van der Waals surface area contributed by atoms with Crippen molar-refractivity contribution in [2.45, 2.75) is 12.6 Å². The van der Waals surface area contributed by atoms with E-state index in [1.165, 1.54) is 10.7 Å². The van der Waals surface area contributed by atoms with Crippen molar-refractivity contribution in [3.63, 3.8) is 0 Å². The smallest absolute Gasteiger partial charge is 0.374 e. The third-order valence-electron chi connectivity index (χ3n) is 3.32. The van der Waals surface area contributed by atoms with Gasteiger partial charge in [-0.2, -0.15) is 23.0 Å². The molecule has 8 heteroatoms.